The number of aryl methyl sites for hydroxylation is 1. The summed E-state index contributed by atoms with van der Waals surface area (Å²) in [6, 6.07) is 9.83. The van der Waals surface area contributed by atoms with Crippen LogP contribution in [-0.2, 0) is 0 Å². The van der Waals surface area contributed by atoms with Gasteiger partial charge in [0.25, 0.3) is 5.91 Å². The largest absolute Gasteiger partial charge is 0.465 e. The number of H-pyrrole nitrogens is 1. The van der Waals surface area contributed by atoms with Crippen molar-refractivity contribution in [3.05, 3.63) is 41.6 Å². The van der Waals surface area contributed by atoms with Gasteiger partial charge in [0, 0.05) is 35.2 Å². The standard InChI is InChI=1S/C20H26N4O3/c1-12-16(19(21)25)10-18(23-12)15-4-2-3-5-17(15)22-11-13-6-8-14(9-7-13)24-20(26)27/h2-5,10,13-14,22-24H,6-9,11H2,1H3,(H2,21,25)(H,26,27)/t13-,14-. The number of nitrogens with one attached hydrogen (secondary N) is 3. The summed E-state index contributed by atoms with van der Waals surface area (Å²) >= 11 is 0. The summed E-state index contributed by atoms with van der Waals surface area (Å²) in [5.41, 5.74) is 9.54. The molecule has 1 aliphatic carbocycles. The molecule has 6 N–H and O–H groups in total. The highest BCUT2D eigenvalue weighted by atomic mass is 16.4. The van der Waals surface area contributed by atoms with E-state index in [0.29, 0.717) is 11.5 Å². The molecule has 27 heavy (non-hydrogen) atoms. The number of aromatic amines is 1. The molecule has 7 heteroatoms. The molecule has 0 aliphatic heterocycles. The zero-order valence-electron chi connectivity index (χ0n) is 15.4. The van der Waals surface area contributed by atoms with Crippen molar-refractivity contribution in [3.8, 4) is 11.3 Å². The summed E-state index contributed by atoms with van der Waals surface area (Å²) in [6.07, 6.45) is 2.79. The highest BCUT2D eigenvalue weighted by molar-refractivity contribution is 5.96. The molecule has 1 fully saturated rings. The number of benzene rings is 1. The van der Waals surface area contributed by atoms with Crippen molar-refractivity contribution >= 4 is 17.7 Å². The lowest BCUT2D eigenvalue weighted by molar-refractivity contribution is 0.1000. The zero-order valence-corrected chi connectivity index (χ0v) is 15.4. The van der Waals surface area contributed by atoms with E-state index >= 15 is 0 Å². The third kappa shape index (κ3) is 4.61. The zero-order chi connectivity index (χ0) is 19.4. The molecule has 0 radical (unpaired) electrons. The number of rotatable bonds is 6. The van der Waals surface area contributed by atoms with Crippen LogP contribution in [0.15, 0.2) is 30.3 Å². The molecule has 1 aliphatic rings. The highest BCUT2D eigenvalue weighted by Gasteiger charge is 2.22. The van der Waals surface area contributed by atoms with E-state index in [1.807, 2.05) is 31.2 Å². The molecule has 144 valence electrons. The molecular formula is C20H26N4O3. The van der Waals surface area contributed by atoms with Gasteiger partial charge in [-0.1, -0.05) is 18.2 Å². The number of nitrogens with two attached hydrogens (primary N) is 1. The first kappa shape index (κ1) is 18.8. The molecule has 0 saturated heterocycles. The molecule has 1 aromatic carbocycles. The van der Waals surface area contributed by atoms with Crippen LogP contribution in [0.25, 0.3) is 11.3 Å². The lowest BCUT2D eigenvalue weighted by Crippen LogP contribution is -2.37. The van der Waals surface area contributed by atoms with E-state index < -0.39 is 12.0 Å². The Kier molecular flexibility index (Phi) is 5.69. The third-order valence-electron chi connectivity index (χ3n) is 5.25. The lowest BCUT2D eigenvalue weighted by atomic mass is 9.86. The molecule has 1 saturated carbocycles. The highest BCUT2D eigenvalue weighted by Crippen LogP contribution is 2.30. The van der Waals surface area contributed by atoms with Crippen molar-refractivity contribution in [1.29, 1.82) is 0 Å². The summed E-state index contributed by atoms with van der Waals surface area (Å²) < 4.78 is 0. The first-order chi connectivity index (χ1) is 12.9. The van der Waals surface area contributed by atoms with Crippen LogP contribution in [0.2, 0.25) is 0 Å². The predicted molar refractivity (Wildman–Crippen MR) is 105 cm³/mol. The molecule has 3 rings (SSSR count). The first-order valence-corrected chi connectivity index (χ1v) is 9.26. The molecule has 0 spiro atoms. The number of carboxylic acid groups (broad SMARTS) is 1. The topological polar surface area (TPSA) is 120 Å². The fraction of sp³-hybridized carbons (Fsp3) is 0.400. The lowest BCUT2D eigenvalue weighted by Gasteiger charge is -2.28. The van der Waals surface area contributed by atoms with E-state index in [4.69, 9.17) is 10.8 Å². The van der Waals surface area contributed by atoms with Gasteiger partial charge in [-0.2, -0.15) is 0 Å². The number of hydrogen-bond acceptors (Lipinski definition) is 3. The van der Waals surface area contributed by atoms with Gasteiger partial charge in [0.15, 0.2) is 0 Å². The molecule has 0 bridgehead atoms. The number of anilines is 1. The number of hydrogen-bond donors (Lipinski definition) is 5. The Labute approximate surface area is 158 Å². The summed E-state index contributed by atoms with van der Waals surface area (Å²) in [6.45, 7) is 2.67. The minimum Gasteiger partial charge on any atom is -0.465 e. The van der Waals surface area contributed by atoms with Crippen LogP contribution in [0.4, 0.5) is 10.5 Å². The molecule has 2 aromatic rings. The Morgan fingerprint density at radius 3 is 2.56 bits per heavy atom. The average molecular weight is 370 g/mol. The van der Waals surface area contributed by atoms with Crippen LogP contribution >= 0.6 is 0 Å². The monoisotopic (exact) mass is 370 g/mol. The number of carbonyl (C=O) groups excluding carboxylic acids is 1. The van der Waals surface area contributed by atoms with Crippen LogP contribution < -0.4 is 16.4 Å². The predicted octanol–water partition coefficient (Wildman–Crippen LogP) is 3.33. The fourth-order valence-electron chi connectivity index (χ4n) is 3.77. The second-order valence-electron chi connectivity index (χ2n) is 7.18. The SMILES string of the molecule is Cc1[nH]c(-c2ccccc2NC[C@H]2CC[C@H](NC(=O)O)CC2)cc1C(N)=O. The second kappa shape index (κ2) is 8.16. The van der Waals surface area contributed by atoms with Crippen molar-refractivity contribution < 1.29 is 14.7 Å². The third-order valence-corrected chi connectivity index (χ3v) is 5.25. The Morgan fingerprint density at radius 1 is 1.22 bits per heavy atom. The summed E-state index contributed by atoms with van der Waals surface area (Å²) in [4.78, 5) is 25.5. The van der Waals surface area contributed by atoms with Crippen molar-refractivity contribution in [2.75, 3.05) is 11.9 Å². The van der Waals surface area contributed by atoms with E-state index in [0.717, 1.165) is 54.9 Å². The molecule has 1 aromatic heterocycles. The van der Waals surface area contributed by atoms with Gasteiger partial charge in [0.2, 0.25) is 0 Å². The summed E-state index contributed by atoms with van der Waals surface area (Å²) in [5.74, 6) is 0.0728. The number of primary amides is 1. The van der Waals surface area contributed by atoms with Crippen molar-refractivity contribution in [1.82, 2.24) is 10.3 Å². The number of amides is 2. The maximum absolute atomic E-state index is 11.5. The number of para-hydroxylation sites is 1. The van der Waals surface area contributed by atoms with Crippen LogP contribution in [0.5, 0.6) is 0 Å². The number of carbonyl (C=O) groups is 2. The van der Waals surface area contributed by atoms with Gasteiger partial charge in [0.1, 0.15) is 0 Å². The molecule has 7 nitrogen and oxygen atoms in total. The van der Waals surface area contributed by atoms with Crippen molar-refractivity contribution in [2.24, 2.45) is 11.7 Å². The van der Waals surface area contributed by atoms with Gasteiger partial charge in [-0.3, -0.25) is 4.79 Å². The maximum Gasteiger partial charge on any atom is 0.404 e. The molecule has 1 heterocycles. The van der Waals surface area contributed by atoms with E-state index in [9.17, 15) is 9.59 Å². The average Bonchev–Trinajstić information content (AvgIpc) is 3.03. The van der Waals surface area contributed by atoms with Crippen molar-refractivity contribution in [3.63, 3.8) is 0 Å². The van der Waals surface area contributed by atoms with Crippen LogP contribution in [0, 0.1) is 12.8 Å². The van der Waals surface area contributed by atoms with Crippen LogP contribution in [-0.4, -0.2) is 34.7 Å². The van der Waals surface area contributed by atoms with E-state index in [1.54, 1.807) is 6.07 Å². The van der Waals surface area contributed by atoms with Gasteiger partial charge in [-0.15, -0.1) is 0 Å². The van der Waals surface area contributed by atoms with E-state index in [-0.39, 0.29) is 6.04 Å². The van der Waals surface area contributed by atoms with Gasteiger partial charge >= 0.3 is 6.09 Å². The Balaban J connectivity index is 1.65. The maximum atomic E-state index is 11.5. The molecule has 0 atom stereocenters. The fourth-order valence-corrected chi connectivity index (χ4v) is 3.77. The normalized spacial score (nSPS) is 19.4. The Morgan fingerprint density at radius 2 is 1.93 bits per heavy atom. The minimum absolute atomic E-state index is 0.0696. The minimum atomic E-state index is -0.943. The summed E-state index contributed by atoms with van der Waals surface area (Å²) in [7, 11) is 0. The first-order valence-electron chi connectivity index (χ1n) is 9.26. The van der Waals surface area contributed by atoms with E-state index in [2.05, 4.69) is 15.6 Å². The summed E-state index contributed by atoms with van der Waals surface area (Å²) in [5, 5.41) is 14.9. The quantitative estimate of drug-likeness (QED) is 0.535. The van der Waals surface area contributed by atoms with E-state index in [1.165, 1.54) is 0 Å². The second-order valence-corrected chi connectivity index (χ2v) is 7.18. The van der Waals surface area contributed by atoms with Gasteiger partial charge in [0.05, 0.1) is 5.56 Å². The Bertz CT molecular complexity index is 822. The molecule has 2 amide bonds. The Hall–Kier alpha value is -2.96. The van der Waals surface area contributed by atoms with Gasteiger partial charge < -0.3 is 26.5 Å². The number of aromatic nitrogens is 1. The molecule has 0 unspecified atom stereocenters. The smallest absolute Gasteiger partial charge is 0.404 e. The molecular weight excluding hydrogens is 344 g/mol. The van der Waals surface area contributed by atoms with Crippen LogP contribution in [0.3, 0.4) is 0 Å². The van der Waals surface area contributed by atoms with Gasteiger partial charge in [-0.25, -0.2) is 4.79 Å². The van der Waals surface area contributed by atoms with Gasteiger partial charge in [-0.05, 0) is 50.7 Å². The van der Waals surface area contributed by atoms with Crippen LogP contribution in [0.1, 0.15) is 41.7 Å². The van der Waals surface area contributed by atoms with Crippen molar-refractivity contribution in [2.45, 2.75) is 38.6 Å².